The van der Waals surface area contributed by atoms with E-state index < -0.39 is 0 Å². The molecule has 1 aliphatic carbocycles. The summed E-state index contributed by atoms with van der Waals surface area (Å²) in [7, 11) is 0. The maximum atomic E-state index is 9.79. The van der Waals surface area contributed by atoms with E-state index in [0.717, 1.165) is 6.42 Å². The van der Waals surface area contributed by atoms with Crippen LogP contribution in [0, 0.1) is 10.8 Å². The quantitative estimate of drug-likeness (QED) is 0.824. The molecule has 1 aromatic carbocycles. The lowest BCUT2D eigenvalue weighted by molar-refractivity contribution is 0.113. The second-order valence-electron chi connectivity index (χ2n) is 6.29. The smallest absolute Gasteiger partial charge is 0.0501 e. The Hall–Kier alpha value is -0.820. The van der Waals surface area contributed by atoms with E-state index in [1.807, 2.05) is 6.07 Å². The van der Waals surface area contributed by atoms with Crippen LogP contribution in [-0.2, 0) is 5.41 Å². The number of aliphatic hydroxyl groups is 1. The zero-order valence-electron chi connectivity index (χ0n) is 10.7. The van der Waals surface area contributed by atoms with Crippen molar-refractivity contribution < 1.29 is 5.11 Å². The maximum Gasteiger partial charge on any atom is 0.0501 e. The Bertz CT molecular complexity index is 378. The van der Waals surface area contributed by atoms with Crippen LogP contribution in [0.2, 0.25) is 0 Å². The van der Waals surface area contributed by atoms with E-state index in [0.29, 0.717) is 0 Å². The van der Waals surface area contributed by atoms with E-state index in [-0.39, 0.29) is 22.9 Å². The summed E-state index contributed by atoms with van der Waals surface area (Å²) >= 11 is 0. The molecular formula is C15H22O. The molecule has 0 bridgehead atoms. The molecule has 1 unspecified atom stereocenters. The van der Waals surface area contributed by atoms with Gasteiger partial charge in [0.05, 0.1) is 6.61 Å². The molecule has 2 rings (SSSR count). The Kier molecular flexibility index (Phi) is 2.43. The Morgan fingerprint density at radius 1 is 1.19 bits per heavy atom. The van der Waals surface area contributed by atoms with Gasteiger partial charge in [0, 0.05) is 5.41 Å². The van der Waals surface area contributed by atoms with Crippen molar-refractivity contribution >= 4 is 0 Å². The van der Waals surface area contributed by atoms with Gasteiger partial charge in [0.25, 0.3) is 0 Å². The monoisotopic (exact) mass is 218 g/mol. The SMILES string of the molecule is CC1(C)CC1(CO)C(C)(C)c1ccccc1. The van der Waals surface area contributed by atoms with Gasteiger partial charge in [-0.25, -0.2) is 0 Å². The molecule has 1 heteroatoms. The van der Waals surface area contributed by atoms with Gasteiger partial charge in [-0.1, -0.05) is 58.0 Å². The molecule has 1 aromatic rings. The minimum atomic E-state index is 0.0342. The Morgan fingerprint density at radius 3 is 2.06 bits per heavy atom. The summed E-state index contributed by atoms with van der Waals surface area (Å²) in [5.74, 6) is 0. The molecule has 16 heavy (non-hydrogen) atoms. The third kappa shape index (κ3) is 1.34. The number of aliphatic hydroxyl groups excluding tert-OH is 1. The number of rotatable bonds is 3. The van der Waals surface area contributed by atoms with Crippen LogP contribution in [0.3, 0.4) is 0 Å². The number of hydrogen-bond donors (Lipinski definition) is 1. The molecule has 1 atom stereocenters. The molecule has 88 valence electrons. The second-order valence-corrected chi connectivity index (χ2v) is 6.29. The van der Waals surface area contributed by atoms with E-state index in [1.54, 1.807) is 0 Å². The second kappa shape index (κ2) is 3.33. The van der Waals surface area contributed by atoms with E-state index in [2.05, 4.69) is 52.0 Å². The Balaban J connectivity index is 2.41. The summed E-state index contributed by atoms with van der Waals surface area (Å²) in [6.45, 7) is 9.31. The summed E-state index contributed by atoms with van der Waals surface area (Å²) in [5.41, 5.74) is 1.66. The fourth-order valence-corrected chi connectivity index (χ4v) is 3.38. The molecule has 1 nitrogen and oxygen atoms in total. The number of hydrogen-bond acceptors (Lipinski definition) is 1. The fourth-order valence-electron chi connectivity index (χ4n) is 3.38. The summed E-state index contributed by atoms with van der Waals surface area (Å²) in [6, 6.07) is 10.6. The predicted octanol–water partition coefficient (Wildman–Crippen LogP) is 3.37. The van der Waals surface area contributed by atoms with Crippen molar-refractivity contribution in [2.45, 2.75) is 39.5 Å². The van der Waals surface area contributed by atoms with Crippen molar-refractivity contribution in [3.05, 3.63) is 35.9 Å². The highest BCUT2D eigenvalue weighted by atomic mass is 16.3. The molecule has 0 amide bonds. The Labute approximate surface area is 98.5 Å². The first kappa shape index (κ1) is 11.7. The van der Waals surface area contributed by atoms with Gasteiger partial charge < -0.3 is 5.11 Å². The first-order valence-electron chi connectivity index (χ1n) is 6.04. The zero-order valence-corrected chi connectivity index (χ0v) is 10.7. The Morgan fingerprint density at radius 2 is 1.69 bits per heavy atom. The zero-order chi connectivity index (χ0) is 12.0. The van der Waals surface area contributed by atoms with Gasteiger partial charge in [0.2, 0.25) is 0 Å². The van der Waals surface area contributed by atoms with Gasteiger partial charge in [-0.05, 0) is 22.8 Å². The van der Waals surface area contributed by atoms with Crippen molar-refractivity contribution in [3.8, 4) is 0 Å². The third-order valence-corrected chi connectivity index (χ3v) is 4.88. The minimum Gasteiger partial charge on any atom is -0.396 e. The van der Waals surface area contributed by atoms with Gasteiger partial charge >= 0.3 is 0 Å². The standard InChI is InChI=1S/C15H22O/c1-13(2)10-15(13,11-16)14(3,4)12-8-6-5-7-9-12/h5-9,16H,10-11H2,1-4H3. The topological polar surface area (TPSA) is 20.2 Å². The van der Waals surface area contributed by atoms with E-state index >= 15 is 0 Å². The molecule has 0 aliphatic heterocycles. The highest BCUT2D eigenvalue weighted by Crippen LogP contribution is 2.71. The van der Waals surface area contributed by atoms with Crippen molar-refractivity contribution in [1.82, 2.24) is 0 Å². The van der Waals surface area contributed by atoms with Crippen LogP contribution in [0.1, 0.15) is 39.7 Å². The predicted molar refractivity (Wildman–Crippen MR) is 67.4 cm³/mol. The molecule has 0 spiro atoms. The van der Waals surface area contributed by atoms with E-state index in [4.69, 9.17) is 0 Å². The average molecular weight is 218 g/mol. The van der Waals surface area contributed by atoms with Crippen molar-refractivity contribution in [1.29, 1.82) is 0 Å². The summed E-state index contributed by atoms with van der Waals surface area (Å²) in [4.78, 5) is 0. The van der Waals surface area contributed by atoms with E-state index in [9.17, 15) is 5.11 Å². The van der Waals surface area contributed by atoms with Crippen LogP contribution in [0.25, 0.3) is 0 Å². The first-order chi connectivity index (χ1) is 7.37. The normalized spacial score (nSPS) is 27.8. The van der Waals surface area contributed by atoms with Gasteiger partial charge in [-0.3, -0.25) is 0 Å². The van der Waals surface area contributed by atoms with Crippen LogP contribution in [0.5, 0.6) is 0 Å². The summed E-state index contributed by atoms with van der Waals surface area (Å²) in [5, 5.41) is 9.79. The average Bonchev–Trinajstić information content (AvgIpc) is 2.84. The molecule has 0 saturated heterocycles. The van der Waals surface area contributed by atoms with Crippen LogP contribution in [0.15, 0.2) is 30.3 Å². The fraction of sp³-hybridized carbons (Fsp3) is 0.600. The molecule has 0 radical (unpaired) electrons. The van der Waals surface area contributed by atoms with Crippen molar-refractivity contribution in [2.75, 3.05) is 6.61 Å². The lowest BCUT2D eigenvalue weighted by atomic mass is 9.68. The van der Waals surface area contributed by atoms with Crippen molar-refractivity contribution in [2.24, 2.45) is 10.8 Å². The van der Waals surface area contributed by atoms with Crippen LogP contribution in [-0.4, -0.2) is 11.7 Å². The van der Waals surface area contributed by atoms with Crippen LogP contribution >= 0.6 is 0 Å². The molecule has 1 N–H and O–H groups in total. The van der Waals surface area contributed by atoms with Crippen molar-refractivity contribution in [3.63, 3.8) is 0 Å². The number of benzene rings is 1. The molecule has 1 aliphatic rings. The highest BCUT2D eigenvalue weighted by Gasteiger charge is 2.67. The summed E-state index contributed by atoms with van der Waals surface area (Å²) in [6.07, 6.45) is 1.11. The first-order valence-corrected chi connectivity index (χ1v) is 6.04. The lowest BCUT2D eigenvalue weighted by Gasteiger charge is -2.37. The summed E-state index contributed by atoms with van der Waals surface area (Å²) < 4.78 is 0. The molecule has 1 saturated carbocycles. The molecule has 1 fully saturated rings. The van der Waals surface area contributed by atoms with Crippen LogP contribution < -0.4 is 0 Å². The highest BCUT2D eigenvalue weighted by molar-refractivity contribution is 5.33. The van der Waals surface area contributed by atoms with Gasteiger partial charge in [-0.15, -0.1) is 0 Å². The van der Waals surface area contributed by atoms with Gasteiger partial charge in [-0.2, -0.15) is 0 Å². The van der Waals surface area contributed by atoms with Crippen LogP contribution in [0.4, 0.5) is 0 Å². The van der Waals surface area contributed by atoms with Gasteiger partial charge in [0.1, 0.15) is 0 Å². The van der Waals surface area contributed by atoms with Gasteiger partial charge in [0.15, 0.2) is 0 Å². The molecule has 0 heterocycles. The minimum absolute atomic E-state index is 0.0342. The molecular weight excluding hydrogens is 196 g/mol. The largest absolute Gasteiger partial charge is 0.396 e. The molecule has 0 aromatic heterocycles. The third-order valence-electron chi connectivity index (χ3n) is 4.88. The maximum absolute atomic E-state index is 9.79. The lowest BCUT2D eigenvalue weighted by Crippen LogP contribution is -2.36. The van der Waals surface area contributed by atoms with E-state index in [1.165, 1.54) is 5.56 Å².